The summed E-state index contributed by atoms with van der Waals surface area (Å²) in [5.74, 6) is 4.03. The molecule has 0 saturated heterocycles. The predicted molar refractivity (Wildman–Crippen MR) is 105 cm³/mol. The molecule has 3 unspecified atom stereocenters. The topological polar surface area (TPSA) is 26.3 Å². The van der Waals surface area contributed by atoms with E-state index in [1.54, 1.807) is 5.57 Å². The van der Waals surface area contributed by atoms with Gasteiger partial charge in [-0.05, 0) is 98.4 Å². The third-order valence-corrected chi connectivity index (χ3v) is 8.86. The van der Waals surface area contributed by atoms with E-state index < -0.39 is 0 Å². The maximum Gasteiger partial charge on any atom is 0.307 e. The summed E-state index contributed by atoms with van der Waals surface area (Å²) in [6.07, 6.45) is 13.1. The molecule has 6 atom stereocenters. The Morgan fingerprint density at radius 3 is 2.50 bits per heavy atom. The zero-order chi connectivity index (χ0) is 18.7. The first-order valence-electron chi connectivity index (χ1n) is 10.8. The minimum atomic E-state index is -0.176. The van der Waals surface area contributed by atoms with Crippen LogP contribution in [0.15, 0.2) is 23.0 Å². The van der Waals surface area contributed by atoms with Crippen LogP contribution in [0.5, 0.6) is 0 Å². The highest BCUT2D eigenvalue weighted by Gasteiger charge is 2.57. The molecule has 2 heteroatoms. The molecule has 26 heavy (non-hydrogen) atoms. The molecule has 0 amide bonds. The molecule has 4 aliphatic rings. The number of rotatable bonds is 1. The normalized spacial score (nSPS) is 46.6. The second-order valence-corrected chi connectivity index (χ2v) is 10.2. The van der Waals surface area contributed by atoms with Gasteiger partial charge in [-0.3, -0.25) is 4.79 Å². The number of hydrogen-bond donors (Lipinski definition) is 0. The molecule has 0 spiro atoms. The van der Waals surface area contributed by atoms with E-state index in [0.717, 1.165) is 35.9 Å². The average molecular weight is 357 g/mol. The van der Waals surface area contributed by atoms with Gasteiger partial charge in [-0.15, -0.1) is 0 Å². The van der Waals surface area contributed by atoms with Crippen LogP contribution in [0.4, 0.5) is 0 Å². The molecule has 0 radical (unpaired) electrons. The molecule has 144 valence electrons. The lowest BCUT2D eigenvalue weighted by Gasteiger charge is -2.57. The van der Waals surface area contributed by atoms with E-state index in [1.807, 2.05) is 6.92 Å². The monoisotopic (exact) mass is 356 g/mol. The van der Waals surface area contributed by atoms with Crippen molar-refractivity contribution in [3.8, 4) is 0 Å². The second kappa shape index (κ2) is 6.24. The van der Waals surface area contributed by atoms with Crippen LogP contribution in [0.1, 0.15) is 86.0 Å². The number of allylic oxidation sites excluding steroid dienone is 4. The molecule has 3 saturated carbocycles. The molecule has 0 aromatic carbocycles. The molecule has 0 aliphatic heterocycles. The van der Waals surface area contributed by atoms with Gasteiger partial charge in [0.2, 0.25) is 0 Å². The molecule has 0 heterocycles. The molecule has 0 aromatic heterocycles. The molecule has 4 rings (SSSR count). The van der Waals surface area contributed by atoms with Gasteiger partial charge in [0.25, 0.3) is 0 Å². The lowest BCUT2D eigenvalue weighted by molar-refractivity contribution is -0.137. The number of ether oxygens (including phenoxy) is 1. The summed E-state index contributed by atoms with van der Waals surface area (Å²) in [5, 5.41) is 0. The lowest BCUT2D eigenvalue weighted by Crippen LogP contribution is -2.49. The summed E-state index contributed by atoms with van der Waals surface area (Å²) in [6, 6.07) is 0. The van der Waals surface area contributed by atoms with E-state index in [9.17, 15) is 4.79 Å². The molecule has 2 nitrogen and oxygen atoms in total. The zero-order valence-electron chi connectivity index (χ0n) is 17.4. The molecule has 4 aliphatic carbocycles. The fraction of sp³-hybridized carbons (Fsp3) is 0.792. The highest BCUT2D eigenvalue weighted by Crippen LogP contribution is 2.66. The first kappa shape index (κ1) is 18.3. The summed E-state index contributed by atoms with van der Waals surface area (Å²) >= 11 is 0. The summed E-state index contributed by atoms with van der Waals surface area (Å²) in [7, 11) is 0. The van der Waals surface area contributed by atoms with Crippen LogP contribution in [0.25, 0.3) is 0 Å². The van der Waals surface area contributed by atoms with Crippen LogP contribution < -0.4 is 0 Å². The number of carbonyl (C=O) groups is 1. The highest BCUT2D eigenvalue weighted by atomic mass is 16.5. The van der Waals surface area contributed by atoms with Gasteiger partial charge in [0.05, 0.1) is 0 Å². The lowest BCUT2D eigenvalue weighted by atomic mass is 9.47. The van der Waals surface area contributed by atoms with Gasteiger partial charge in [-0.25, -0.2) is 0 Å². The number of carbonyl (C=O) groups excluding carboxylic acids is 1. The van der Waals surface area contributed by atoms with Gasteiger partial charge >= 0.3 is 5.97 Å². The van der Waals surface area contributed by atoms with Crippen LogP contribution in [-0.4, -0.2) is 5.97 Å². The van der Waals surface area contributed by atoms with Crippen LogP contribution in [0.2, 0.25) is 0 Å². The number of esters is 1. The van der Waals surface area contributed by atoms with Gasteiger partial charge in [-0.2, -0.15) is 0 Å². The van der Waals surface area contributed by atoms with Crippen molar-refractivity contribution in [2.45, 2.75) is 86.0 Å². The van der Waals surface area contributed by atoms with Crippen LogP contribution >= 0.6 is 0 Å². The Hall–Kier alpha value is -1.05. The van der Waals surface area contributed by atoms with Crippen molar-refractivity contribution in [3.63, 3.8) is 0 Å². The van der Waals surface area contributed by atoms with E-state index >= 15 is 0 Å². The van der Waals surface area contributed by atoms with Crippen LogP contribution in [0, 0.1) is 34.5 Å². The summed E-state index contributed by atoms with van der Waals surface area (Å²) < 4.78 is 5.53. The first-order chi connectivity index (χ1) is 12.3. The van der Waals surface area contributed by atoms with Gasteiger partial charge in [0.1, 0.15) is 5.76 Å². The van der Waals surface area contributed by atoms with Crippen LogP contribution in [-0.2, 0) is 9.53 Å². The third-order valence-electron chi connectivity index (χ3n) is 8.86. The maximum atomic E-state index is 11.5. The Morgan fingerprint density at radius 1 is 1.08 bits per heavy atom. The molecule has 0 N–H and O–H groups in total. The minimum Gasteiger partial charge on any atom is -0.432 e. The van der Waals surface area contributed by atoms with Crippen molar-refractivity contribution < 1.29 is 9.53 Å². The SMILES string of the molecule is CC(=O)O/C(C)=C1\CCC2C3CC=C4C[C@@H](C)CC[C@]4(C)C3CC[C@]12C. The summed E-state index contributed by atoms with van der Waals surface area (Å²) in [6.45, 7) is 11.0. The Morgan fingerprint density at radius 2 is 1.77 bits per heavy atom. The minimum absolute atomic E-state index is 0.176. The fourth-order valence-corrected chi connectivity index (χ4v) is 7.51. The summed E-state index contributed by atoms with van der Waals surface area (Å²) in [5.41, 5.74) is 3.91. The Kier molecular flexibility index (Phi) is 4.40. The highest BCUT2D eigenvalue weighted by molar-refractivity contribution is 5.67. The third kappa shape index (κ3) is 2.62. The van der Waals surface area contributed by atoms with Crippen LogP contribution in [0.3, 0.4) is 0 Å². The van der Waals surface area contributed by atoms with E-state index in [0.29, 0.717) is 5.41 Å². The molecule has 3 fully saturated rings. The van der Waals surface area contributed by atoms with E-state index in [2.05, 4.69) is 26.8 Å². The van der Waals surface area contributed by atoms with Gasteiger partial charge in [0.15, 0.2) is 0 Å². The van der Waals surface area contributed by atoms with Gasteiger partial charge in [0, 0.05) is 6.92 Å². The van der Waals surface area contributed by atoms with Crippen molar-refractivity contribution in [1.82, 2.24) is 0 Å². The molecule has 0 aromatic rings. The van der Waals surface area contributed by atoms with Gasteiger partial charge in [-0.1, -0.05) is 32.4 Å². The Balaban J connectivity index is 1.65. The average Bonchev–Trinajstić information content (AvgIpc) is 2.92. The van der Waals surface area contributed by atoms with Crippen molar-refractivity contribution in [2.24, 2.45) is 34.5 Å². The molecule has 0 bridgehead atoms. The van der Waals surface area contributed by atoms with Crippen molar-refractivity contribution >= 4 is 5.97 Å². The summed E-state index contributed by atoms with van der Waals surface area (Å²) in [4.78, 5) is 11.5. The predicted octanol–water partition coefficient (Wildman–Crippen LogP) is 6.42. The molecular weight excluding hydrogens is 320 g/mol. The largest absolute Gasteiger partial charge is 0.432 e. The Bertz CT molecular complexity index is 672. The standard InChI is InChI=1S/C24H36O2/c1-15-10-12-23(4)18(14-15)6-7-19-21-9-8-20(16(2)26-17(3)25)24(21,5)13-11-22(19)23/h6,15,19,21-22H,7-14H2,1-5H3/b20-16+/t15-,19?,21?,22?,23-,24+/m0/s1. The fourth-order valence-electron chi connectivity index (χ4n) is 7.51. The zero-order valence-corrected chi connectivity index (χ0v) is 17.4. The van der Waals surface area contributed by atoms with E-state index in [4.69, 9.17) is 4.74 Å². The van der Waals surface area contributed by atoms with Crippen molar-refractivity contribution in [2.75, 3.05) is 0 Å². The smallest absolute Gasteiger partial charge is 0.307 e. The van der Waals surface area contributed by atoms with Crippen molar-refractivity contribution in [1.29, 1.82) is 0 Å². The van der Waals surface area contributed by atoms with Crippen molar-refractivity contribution in [3.05, 3.63) is 23.0 Å². The van der Waals surface area contributed by atoms with E-state index in [-0.39, 0.29) is 11.4 Å². The van der Waals surface area contributed by atoms with Gasteiger partial charge < -0.3 is 4.74 Å². The molecular formula is C24H36O2. The number of fused-ring (bicyclic) bond motifs is 5. The quantitative estimate of drug-likeness (QED) is 0.308. The second-order valence-electron chi connectivity index (χ2n) is 10.2. The number of hydrogen-bond acceptors (Lipinski definition) is 2. The first-order valence-corrected chi connectivity index (χ1v) is 10.8. The Labute approximate surface area is 159 Å². The maximum absolute atomic E-state index is 11.5. The van der Waals surface area contributed by atoms with E-state index in [1.165, 1.54) is 57.4 Å².